The molecule has 56 valence electrons. The number of aliphatic carboxylic acids is 2. The summed E-state index contributed by atoms with van der Waals surface area (Å²) in [5, 5.41) is 17.8. The number of hydrogen-bond acceptors (Lipinski definition) is 6. The molecule has 0 aliphatic rings. The molecule has 0 aliphatic heterocycles. The molecule has 0 atom stereocenters. The van der Waals surface area contributed by atoms with E-state index in [4.69, 9.17) is 29.4 Å². The van der Waals surface area contributed by atoms with Crippen molar-refractivity contribution < 1.29 is 29.4 Å². The van der Waals surface area contributed by atoms with Crippen molar-refractivity contribution in [3.63, 3.8) is 0 Å². The Kier molecular flexibility index (Phi) is 17.8. The Morgan fingerprint density at radius 2 is 1.00 bits per heavy atom. The first-order chi connectivity index (χ1) is 4.54. The van der Waals surface area contributed by atoms with Crippen molar-refractivity contribution in [1.29, 1.82) is 0 Å². The van der Waals surface area contributed by atoms with E-state index in [2.05, 4.69) is 0 Å². The molecule has 11 heavy (non-hydrogen) atoms. The first kappa shape index (κ1) is 16.6. The zero-order valence-electron chi connectivity index (χ0n) is 5.31. The average molecular weight is 170 g/mol. The van der Waals surface area contributed by atoms with Crippen molar-refractivity contribution in [1.82, 2.24) is 0 Å². The molecule has 0 radical (unpaired) electrons. The van der Waals surface area contributed by atoms with E-state index in [-0.39, 0.29) is 35.6 Å². The molecule has 0 rings (SSSR count). The Bertz CT molecular complexity index is 135. The minimum atomic E-state index is -1.68. The van der Waals surface area contributed by atoms with Gasteiger partial charge in [0.1, 0.15) is 11.9 Å². The zero-order valence-corrected chi connectivity index (χ0v) is 6.73. The molecule has 0 aromatic heterocycles. The van der Waals surface area contributed by atoms with Crippen LogP contribution in [0, 0.1) is 0 Å². The van der Waals surface area contributed by atoms with E-state index in [9.17, 15) is 0 Å². The smallest absolute Gasteiger partial charge is 0.542 e. The fraction of sp³-hybridized carbons (Fsp3) is 0. The molecule has 0 heterocycles. The van der Waals surface area contributed by atoms with Crippen molar-refractivity contribution >= 4 is 47.6 Å². The average Bonchev–Trinajstić information content (AvgIpc) is 1.89. The summed E-state index contributed by atoms with van der Waals surface area (Å²) in [5.74, 6) is -3.35. The number of carboxylic acids is 2. The van der Waals surface area contributed by atoms with E-state index in [1.807, 2.05) is 0 Å². The number of carbonyl (C=O) groups excluding carboxylic acids is 4. The quantitative estimate of drug-likeness (QED) is 0.234. The maximum Gasteiger partial charge on any atom is 2.00 e. The summed E-state index contributed by atoms with van der Waals surface area (Å²) in [7, 11) is 0. The Labute approximate surface area is 77.3 Å². The van der Waals surface area contributed by atoms with Gasteiger partial charge in [-0.1, -0.05) is 0 Å². The summed E-state index contributed by atoms with van der Waals surface area (Å²) in [6.07, 6.45) is -0.556. The molecule has 0 spiro atoms. The second-order valence-electron chi connectivity index (χ2n) is 0.874. The predicted octanol–water partition coefficient (Wildman–Crippen LogP) is -4.51. The van der Waals surface area contributed by atoms with E-state index in [0.717, 1.165) is 0 Å². The van der Waals surface area contributed by atoms with Crippen molar-refractivity contribution in [2.75, 3.05) is 0 Å². The third kappa shape index (κ3) is 48.4. The van der Waals surface area contributed by atoms with Crippen LogP contribution >= 0.6 is 0 Å². The fourth-order valence-electron chi connectivity index (χ4n) is 0. The first-order valence-electron chi connectivity index (χ1n) is 1.87. The third-order valence-corrected chi connectivity index (χ3v) is 0.192. The van der Waals surface area contributed by atoms with E-state index in [1.54, 1.807) is 0 Å². The van der Waals surface area contributed by atoms with Gasteiger partial charge in [0.15, 0.2) is 12.6 Å². The van der Waals surface area contributed by atoms with Crippen molar-refractivity contribution in [3.8, 4) is 0 Å². The predicted molar refractivity (Wildman–Crippen MR) is 27.9 cm³/mol. The van der Waals surface area contributed by atoms with Gasteiger partial charge in [-0.2, -0.15) is 0 Å². The van der Waals surface area contributed by atoms with Crippen LogP contribution in [0.15, 0.2) is 0 Å². The zero-order chi connectivity index (χ0) is 8.57. The van der Waals surface area contributed by atoms with Gasteiger partial charge in [-0.15, -0.1) is 0 Å². The Balaban J connectivity index is -0.000000107. The summed E-state index contributed by atoms with van der Waals surface area (Å²) in [6.45, 7) is 0. The molecule has 0 aliphatic carbocycles. The Morgan fingerprint density at radius 3 is 1.00 bits per heavy atom. The van der Waals surface area contributed by atoms with Crippen LogP contribution in [0.5, 0.6) is 0 Å². The molecule has 0 aromatic rings. The molecule has 0 unspecified atom stereocenters. The standard InChI is InChI=1S/2C2H2O3.Mg/c2*3-1-2(4)5;/h2*1H,(H,4,5);/q;;+2/p-2. The number of hydrogen-bond donors (Lipinski definition) is 0. The molecular formula is C4H2MgO6. The molecule has 0 saturated heterocycles. The van der Waals surface area contributed by atoms with Crippen LogP contribution in [0.1, 0.15) is 0 Å². The Morgan fingerprint density at radius 1 is 0.909 bits per heavy atom. The molecule has 0 N–H and O–H groups in total. The maximum absolute atomic E-state index is 8.89. The second kappa shape index (κ2) is 11.8. The Hall–Kier alpha value is -0.954. The summed E-state index contributed by atoms with van der Waals surface area (Å²) >= 11 is 0. The van der Waals surface area contributed by atoms with Gasteiger partial charge in [0, 0.05) is 0 Å². The van der Waals surface area contributed by atoms with Crippen LogP contribution in [0.2, 0.25) is 0 Å². The van der Waals surface area contributed by atoms with Crippen LogP contribution in [-0.2, 0) is 19.2 Å². The maximum atomic E-state index is 8.89. The summed E-state index contributed by atoms with van der Waals surface area (Å²) in [5.41, 5.74) is 0. The summed E-state index contributed by atoms with van der Waals surface area (Å²) in [4.78, 5) is 35.5. The topological polar surface area (TPSA) is 114 Å². The molecular weight excluding hydrogens is 168 g/mol. The van der Waals surface area contributed by atoms with Gasteiger partial charge in [-0.3, -0.25) is 9.59 Å². The molecule has 0 aromatic carbocycles. The van der Waals surface area contributed by atoms with Crippen LogP contribution < -0.4 is 10.2 Å². The van der Waals surface area contributed by atoms with E-state index in [0.29, 0.717) is 0 Å². The van der Waals surface area contributed by atoms with Gasteiger partial charge in [-0.05, 0) is 0 Å². The van der Waals surface area contributed by atoms with E-state index >= 15 is 0 Å². The van der Waals surface area contributed by atoms with Crippen molar-refractivity contribution in [3.05, 3.63) is 0 Å². The summed E-state index contributed by atoms with van der Waals surface area (Å²) < 4.78 is 0. The van der Waals surface area contributed by atoms with Gasteiger partial charge in [0.05, 0.1) is 0 Å². The van der Waals surface area contributed by atoms with Gasteiger partial charge in [0.2, 0.25) is 0 Å². The molecule has 0 fully saturated rings. The van der Waals surface area contributed by atoms with E-state index in [1.165, 1.54) is 0 Å². The van der Waals surface area contributed by atoms with Crippen LogP contribution in [0.25, 0.3) is 0 Å². The van der Waals surface area contributed by atoms with Gasteiger partial charge in [-0.25, -0.2) is 0 Å². The summed E-state index contributed by atoms with van der Waals surface area (Å²) in [6, 6.07) is 0. The van der Waals surface area contributed by atoms with Crippen LogP contribution in [0.3, 0.4) is 0 Å². The van der Waals surface area contributed by atoms with E-state index < -0.39 is 11.9 Å². The number of aldehydes is 2. The third-order valence-electron chi connectivity index (χ3n) is 0.192. The molecule has 7 heteroatoms. The second-order valence-corrected chi connectivity index (χ2v) is 0.874. The number of rotatable bonds is 2. The SMILES string of the molecule is O=CC(=O)[O-].O=CC(=O)[O-].[Mg+2]. The molecule has 0 saturated carbocycles. The largest absolute Gasteiger partial charge is 2.00 e. The first-order valence-corrected chi connectivity index (χ1v) is 1.87. The van der Waals surface area contributed by atoms with Crippen LogP contribution in [0.4, 0.5) is 0 Å². The van der Waals surface area contributed by atoms with Gasteiger partial charge < -0.3 is 19.8 Å². The van der Waals surface area contributed by atoms with Crippen LogP contribution in [-0.4, -0.2) is 47.6 Å². The molecule has 0 amide bonds. The van der Waals surface area contributed by atoms with Gasteiger partial charge >= 0.3 is 23.1 Å². The van der Waals surface area contributed by atoms with Gasteiger partial charge in [0.25, 0.3) is 0 Å². The normalized spacial score (nSPS) is 5.82. The number of carboxylic acid groups (broad SMARTS) is 2. The van der Waals surface area contributed by atoms with Crippen molar-refractivity contribution in [2.24, 2.45) is 0 Å². The molecule has 6 nitrogen and oxygen atoms in total. The fourth-order valence-corrected chi connectivity index (χ4v) is 0. The van der Waals surface area contributed by atoms with Crippen molar-refractivity contribution in [2.45, 2.75) is 0 Å². The monoisotopic (exact) mass is 170 g/mol. The minimum Gasteiger partial charge on any atom is -0.542 e. The molecule has 0 bridgehead atoms. The number of carbonyl (C=O) groups is 4. The minimum absolute atomic E-state index is 0.